The van der Waals surface area contributed by atoms with E-state index in [9.17, 15) is 9.18 Å². The van der Waals surface area contributed by atoms with Crippen molar-refractivity contribution < 1.29 is 13.6 Å². The fourth-order valence-corrected chi connectivity index (χ4v) is 3.90. The average molecular weight is 433 g/mol. The van der Waals surface area contributed by atoms with Gasteiger partial charge in [0.15, 0.2) is 0 Å². The number of halogens is 2. The van der Waals surface area contributed by atoms with Gasteiger partial charge < -0.3 is 14.6 Å². The molecule has 150 valence electrons. The van der Waals surface area contributed by atoms with Crippen LogP contribution in [-0.2, 0) is 4.79 Å². The van der Waals surface area contributed by atoms with Gasteiger partial charge in [0.2, 0.25) is 5.91 Å². The van der Waals surface area contributed by atoms with Crippen LogP contribution in [0.1, 0.15) is 12.8 Å². The van der Waals surface area contributed by atoms with Crippen LogP contribution >= 0.6 is 23.4 Å². The van der Waals surface area contributed by atoms with Crippen molar-refractivity contribution in [3.05, 3.63) is 53.3 Å². The number of benzene rings is 2. The van der Waals surface area contributed by atoms with Gasteiger partial charge in [0, 0.05) is 18.1 Å². The normalized spacial score (nSPS) is 13.7. The molecule has 0 bridgehead atoms. The van der Waals surface area contributed by atoms with Gasteiger partial charge in [-0.05, 0) is 43.2 Å². The van der Waals surface area contributed by atoms with Gasteiger partial charge in [-0.25, -0.2) is 4.39 Å². The monoisotopic (exact) mass is 432 g/mol. The first kappa shape index (κ1) is 19.7. The van der Waals surface area contributed by atoms with Crippen LogP contribution < -0.4 is 10.2 Å². The molecule has 1 saturated heterocycles. The molecule has 9 heteroatoms. The number of nitrogens with one attached hydrogen (secondary N) is 1. The minimum absolute atomic E-state index is 0.0743. The number of nitrogens with zero attached hydrogens (tertiary/aromatic N) is 3. The zero-order valence-electron chi connectivity index (χ0n) is 15.4. The van der Waals surface area contributed by atoms with Gasteiger partial charge in [0.05, 0.1) is 22.7 Å². The van der Waals surface area contributed by atoms with Crippen LogP contribution in [0.5, 0.6) is 0 Å². The third-order valence-corrected chi connectivity index (χ3v) is 5.57. The summed E-state index contributed by atoms with van der Waals surface area (Å²) in [6.07, 6.45) is 2.26. The van der Waals surface area contributed by atoms with Crippen LogP contribution in [0.3, 0.4) is 0 Å². The number of hydrogen-bond donors (Lipinski definition) is 1. The summed E-state index contributed by atoms with van der Waals surface area (Å²) in [6.45, 7) is 1.92. The van der Waals surface area contributed by atoms with Gasteiger partial charge in [0.1, 0.15) is 5.82 Å². The van der Waals surface area contributed by atoms with E-state index in [-0.39, 0.29) is 28.3 Å². The Labute approximate surface area is 176 Å². The van der Waals surface area contributed by atoms with E-state index < -0.39 is 5.82 Å². The number of amides is 1. The van der Waals surface area contributed by atoms with Crippen LogP contribution in [0.25, 0.3) is 11.5 Å². The molecule has 0 atom stereocenters. The molecule has 1 aliphatic rings. The highest BCUT2D eigenvalue weighted by Gasteiger charge is 2.18. The van der Waals surface area contributed by atoms with E-state index in [2.05, 4.69) is 20.4 Å². The predicted octanol–water partition coefficient (Wildman–Crippen LogP) is 4.86. The quantitative estimate of drug-likeness (QED) is 0.561. The summed E-state index contributed by atoms with van der Waals surface area (Å²) < 4.78 is 19.3. The van der Waals surface area contributed by atoms with Crippen molar-refractivity contribution in [3.63, 3.8) is 0 Å². The van der Waals surface area contributed by atoms with Gasteiger partial charge in [-0.3, -0.25) is 4.79 Å². The van der Waals surface area contributed by atoms with Gasteiger partial charge >= 0.3 is 0 Å². The van der Waals surface area contributed by atoms with Crippen LogP contribution in [0, 0.1) is 5.82 Å². The molecule has 6 nitrogen and oxygen atoms in total. The molecule has 3 aromatic rings. The van der Waals surface area contributed by atoms with E-state index in [1.54, 1.807) is 24.3 Å². The van der Waals surface area contributed by atoms with Crippen molar-refractivity contribution in [2.75, 3.05) is 29.1 Å². The third-order valence-electron chi connectivity index (χ3n) is 4.52. The molecule has 1 amide bonds. The van der Waals surface area contributed by atoms with Crippen molar-refractivity contribution in [2.24, 2.45) is 0 Å². The molecular weight excluding hydrogens is 415 g/mol. The van der Waals surface area contributed by atoms with E-state index in [0.29, 0.717) is 10.7 Å². The van der Waals surface area contributed by atoms with E-state index in [0.717, 1.165) is 43.4 Å². The number of anilines is 2. The molecule has 0 spiro atoms. The Kier molecular flexibility index (Phi) is 6.01. The van der Waals surface area contributed by atoms with Crippen LogP contribution in [0.2, 0.25) is 5.02 Å². The molecular formula is C20H18ClFN4O2S. The fourth-order valence-electron chi connectivity index (χ4n) is 3.17. The fraction of sp³-hybridized carbons (Fsp3) is 0.250. The summed E-state index contributed by atoms with van der Waals surface area (Å²) in [5.41, 5.74) is 1.87. The first-order valence-corrected chi connectivity index (χ1v) is 10.5. The van der Waals surface area contributed by atoms with Crippen LogP contribution in [0.15, 0.2) is 52.1 Å². The molecule has 2 heterocycles. The average Bonchev–Trinajstić information content (AvgIpc) is 3.39. The number of carbonyl (C=O) groups is 1. The topological polar surface area (TPSA) is 71.3 Å². The molecule has 0 radical (unpaired) electrons. The zero-order chi connectivity index (χ0) is 20.2. The highest BCUT2D eigenvalue weighted by Crippen LogP contribution is 2.32. The van der Waals surface area contributed by atoms with Crippen LogP contribution in [-0.4, -0.2) is 34.9 Å². The Morgan fingerprint density at radius 3 is 2.79 bits per heavy atom. The lowest BCUT2D eigenvalue weighted by Crippen LogP contribution is -2.21. The van der Waals surface area contributed by atoms with E-state index in [1.165, 1.54) is 6.07 Å². The Morgan fingerprint density at radius 1 is 1.21 bits per heavy atom. The largest absolute Gasteiger partial charge is 0.411 e. The highest BCUT2D eigenvalue weighted by molar-refractivity contribution is 7.99. The van der Waals surface area contributed by atoms with Gasteiger partial charge in [0.25, 0.3) is 11.1 Å². The summed E-state index contributed by atoms with van der Waals surface area (Å²) >= 11 is 7.20. The smallest absolute Gasteiger partial charge is 0.277 e. The Bertz CT molecular complexity index is 1020. The molecule has 0 aliphatic carbocycles. The third kappa shape index (κ3) is 4.71. The molecule has 1 aromatic heterocycles. The maximum Gasteiger partial charge on any atom is 0.277 e. The number of aromatic nitrogens is 2. The standard InChI is InChI=1S/C20H18ClFN4O2S/c21-13-7-8-17(26-9-3-4-10-26)16(11-13)23-18(27)12-29-20-25-24-19(28-20)14-5-1-2-6-15(14)22/h1-2,5-8,11H,3-4,9-10,12H2,(H,23,27). The zero-order valence-corrected chi connectivity index (χ0v) is 17.0. The maximum absolute atomic E-state index is 13.8. The molecule has 29 heavy (non-hydrogen) atoms. The van der Waals surface area contributed by atoms with E-state index in [1.807, 2.05) is 12.1 Å². The minimum atomic E-state index is -0.444. The Morgan fingerprint density at radius 2 is 2.00 bits per heavy atom. The summed E-state index contributed by atoms with van der Waals surface area (Å²) in [7, 11) is 0. The molecule has 2 aromatic carbocycles. The number of rotatable bonds is 6. The van der Waals surface area contributed by atoms with Gasteiger partial charge in [-0.15, -0.1) is 10.2 Å². The lowest BCUT2D eigenvalue weighted by atomic mass is 10.2. The van der Waals surface area contributed by atoms with Crippen molar-refractivity contribution in [3.8, 4) is 11.5 Å². The Hall–Kier alpha value is -2.58. The minimum Gasteiger partial charge on any atom is -0.411 e. The van der Waals surface area contributed by atoms with Crippen molar-refractivity contribution in [1.29, 1.82) is 0 Å². The highest BCUT2D eigenvalue weighted by atomic mass is 35.5. The second-order valence-electron chi connectivity index (χ2n) is 6.55. The van der Waals surface area contributed by atoms with Gasteiger partial charge in [-0.1, -0.05) is 35.5 Å². The molecule has 0 saturated carbocycles. The first-order chi connectivity index (χ1) is 14.1. The van der Waals surface area contributed by atoms with E-state index in [4.69, 9.17) is 16.0 Å². The Balaban J connectivity index is 1.40. The molecule has 1 N–H and O–H groups in total. The predicted molar refractivity (Wildman–Crippen MR) is 112 cm³/mol. The first-order valence-electron chi connectivity index (χ1n) is 9.16. The SMILES string of the molecule is O=C(CSc1nnc(-c2ccccc2F)o1)Nc1cc(Cl)ccc1N1CCCC1. The number of hydrogen-bond acceptors (Lipinski definition) is 6. The molecule has 1 fully saturated rings. The number of carbonyl (C=O) groups excluding carboxylic acids is 1. The maximum atomic E-state index is 13.8. The molecule has 0 unspecified atom stereocenters. The van der Waals surface area contributed by atoms with Crippen molar-refractivity contribution in [1.82, 2.24) is 10.2 Å². The van der Waals surface area contributed by atoms with E-state index >= 15 is 0 Å². The second kappa shape index (κ2) is 8.84. The lowest BCUT2D eigenvalue weighted by Gasteiger charge is -2.21. The molecule has 4 rings (SSSR count). The van der Waals surface area contributed by atoms with Gasteiger partial charge in [-0.2, -0.15) is 0 Å². The summed E-state index contributed by atoms with van der Waals surface area (Å²) in [4.78, 5) is 14.7. The second-order valence-corrected chi connectivity index (χ2v) is 7.91. The summed E-state index contributed by atoms with van der Waals surface area (Å²) in [5, 5.41) is 11.4. The summed E-state index contributed by atoms with van der Waals surface area (Å²) in [5.74, 6) is -0.508. The summed E-state index contributed by atoms with van der Waals surface area (Å²) in [6, 6.07) is 11.6. The van der Waals surface area contributed by atoms with Crippen molar-refractivity contribution >= 4 is 40.6 Å². The lowest BCUT2D eigenvalue weighted by molar-refractivity contribution is -0.113. The molecule has 1 aliphatic heterocycles. The number of thioether (sulfide) groups is 1. The van der Waals surface area contributed by atoms with Crippen LogP contribution in [0.4, 0.5) is 15.8 Å². The van der Waals surface area contributed by atoms with Crippen molar-refractivity contribution in [2.45, 2.75) is 18.1 Å².